The van der Waals surface area contributed by atoms with E-state index in [0.717, 1.165) is 11.4 Å². The third kappa shape index (κ3) is 1.43. The van der Waals surface area contributed by atoms with Crippen molar-refractivity contribution in [2.24, 2.45) is 0 Å². The Hall–Kier alpha value is -1.12. The zero-order chi connectivity index (χ0) is 7.40. The van der Waals surface area contributed by atoms with Crippen molar-refractivity contribution in [1.82, 2.24) is 9.97 Å². The molecule has 1 heterocycles. The molecule has 0 bridgehead atoms. The van der Waals surface area contributed by atoms with Crippen LogP contribution < -0.4 is 4.74 Å². The Morgan fingerprint density at radius 1 is 1.60 bits per heavy atom. The van der Waals surface area contributed by atoms with Gasteiger partial charge in [-0.15, -0.1) is 0 Å². The van der Waals surface area contributed by atoms with Crippen LogP contribution in [0.4, 0.5) is 0 Å². The molecule has 54 valence electrons. The van der Waals surface area contributed by atoms with Crippen molar-refractivity contribution in [2.45, 2.75) is 13.8 Å². The van der Waals surface area contributed by atoms with Crippen molar-refractivity contribution in [1.29, 1.82) is 0 Å². The van der Waals surface area contributed by atoms with Crippen molar-refractivity contribution >= 4 is 0 Å². The average Bonchev–Trinajstić information content (AvgIpc) is 1.94. The molecule has 3 heteroatoms. The minimum Gasteiger partial charge on any atom is -0.490 e. The first-order valence-corrected chi connectivity index (χ1v) is 3.24. The molecule has 0 aliphatic carbocycles. The van der Waals surface area contributed by atoms with Gasteiger partial charge >= 0.3 is 0 Å². The molecular weight excluding hydrogens is 128 g/mol. The van der Waals surface area contributed by atoms with Crippen LogP contribution in [0.15, 0.2) is 12.5 Å². The fraction of sp³-hybridized carbons (Fsp3) is 0.429. The van der Waals surface area contributed by atoms with E-state index in [0.29, 0.717) is 6.61 Å². The minimum atomic E-state index is 0.661. The summed E-state index contributed by atoms with van der Waals surface area (Å²) in [6.45, 7) is 4.49. The zero-order valence-corrected chi connectivity index (χ0v) is 6.16. The molecule has 3 nitrogen and oxygen atoms in total. The summed E-state index contributed by atoms with van der Waals surface area (Å²) in [7, 11) is 0. The van der Waals surface area contributed by atoms with Gasteiger partial charge in [-0.3, -0.25) is 0 Å². The highest BCUT2D eigenvalue weighted by molar-refractivity contribution is 5.21. The van der Waals surface area contributed by atoms with Crippen LogP contribution >= 0.6 is 0 Å². The molecular formula is C7H10N2O. The summed E-state index contributed by atoms with van der Waals surface area (Å²) in [4.78, 5) is 7.79. The fourth-order valence-corrected chi connectivity index (χ4v) is 0.675. The SMILES string of the molecule is CCOc1cncnc1C. The lowest BCUT2D eigenvalue weighted by atomic mass is 10.4. The van der Waals surface area contributed by atoms with Gasteiger partial charge in [0.25, 0.3) is 0 Å². The number of nitrogens with zero attached hydrogens (tertiary/aromatic N) is 2. The molecule has 0 unspecified atom stereocenters. The number of ether oxygens (including phenoxy) is 1. The number of hydrogen-bond acceptors (Lipinski definition) is 3. The van der Waals surface area contributed by atoms with E-state index >= 15 is 0 Å². The second-order valence-electron chi connectivity index (χ2n) is 1.91. The fourth-order valence-electron chi connectivity index (χ4n) is 0.675. The maximum Gasteiger partial charge on any atom is 0.158 e. The molecule has 0 aromatic carbocycles. The first kappa shape index (κ1) is 6.99. The van der Waals surface area contributed by atoms with E-state index in [2.05, 4.69) is 9.97 Å². The maximum absolute atomic E-state index is 5.21. The lowest BCUT2D eigenvalue weighted by Gasteiger charge is -2.02. The third-order valence-electron chi connectivity index (χ3n) is 1.17. The van der Waals surface area contributed by atoms with E-state index in [-0.39, 0.29) is 0 Å². The molecule has 0 aliphatic rings. The second-order valence-corrected chi connectivity index (χ2v) is 1.91. The Labute approximate surface area is 60.1 Å². The van der Waals surface area contributed by atoms with Crippen molar-refractivity contribution in [3.63, 3.8) is 0 Å². The average molecular weight is 138 g/mol. The lowest BCUT2D eigenvalue weighted by Crippen LogP contribution is -1.95. The van der Waals surface area contributed by atoms with E-state index in [1.165, 1.54) is 6.33 Å². The van der Waals surface area contributed by atoms with Crippen LogP contribution in [-0.2, 0) is 0 Å². The van der Waals surface area contributed by atoms with Crippen LogP contribution in [0, 0.1) is 6.92 Å². The Morgan fingerprint density at radius 3 is 3.00 bits per heavy atom. The van der Waals surface area contributed by atoms with Gasteiger partial charge in [0, 0.05) is 0 Å². The van der Waals surface area contributed by atoms with Crippen molar-refractivity contribution < 1.29 is 4.74 Å². The molecule has 0 amide bonds. The molecule has 0 radical (unpaired) electrons. The minimum absolute atomic E-state index is 0.661. The number of aromatic nitrogens is 2. The summed E-state index contributed by atoms with van der Waals surface area (Å²) in [5.74, 6) is 0.769. The summed E-state index contributed by atoms with van der Waals surface area (Å²) in [6, 6.07) is 0. The highest BCUT2D eigenvalue weighted by Crippen LogP contribution is 2.10. The standard InChI is InChI=1S/C7H10N2O/c1-3-10-7-4-8-5-9-6(7)2/h4-5H,3H2,1-2H3. The van der Waals surface area contributed by atoms with E-state index in [4.69, 9.17) is 4.74 Å². The molecule has 10 heavy (non-hydrogen) atoms. The summed E-state index contributed by atoms with van der Waals surface area (Å²) in [5, 5.41) is 0. The van der Waals surface area contributed by atoms with Crippen molar-refractivity contribution in [3.05, 3.63) is 18.2 Å². The van der Waals surface area contributed by atoms with Gasteiger partial charge in [-0.25, -0.2) is 9.97 Å². The monoisotopic (exact) mass is 138 g/mol. The van der Waals surface area contributed by atoms with E-state index in [9.17, 15) is 0 Å². The third-order valence-corrected chi connectivity index (χ3v) is 1.17. The first-order valence-electron chi connectivity index (χ1n) is 3.24. The summed E-state index contributed by atoms with van der Waals surface area (Å²) in [6.07, 6.45) is 3.18. The highest BCUT2D eigenvalue weighted by atomic mass is 16.5. The maximum atomic E-state index is 5.21. The van der Waals surface area contributed by atoms with Crippen LogP contribution in [0.2, 0.25) is 0 Å². The van der Waals surface area contributed by atoms with Gasteiger partial charge in [-0.05, 0) is 13.8 Å². The van der Waals surface area contributed by atoms with Crippen LogP contribution in [0.25, 0.3) is 0 Å². The van der Waals surface area contributed by atoms with Crippen molar-refractivity contribution in [2.75, 3.05) is 6.61 Å². The van der Waals surface area contributed by atoms with Gasteiger partial charge in [-0.2, -0.15) is 0 Å². The predicted octanol–water partition coefficient (Wildman–Crippen LogP) is 1.18. The van der Waals surface area contributed by atoms with Gasteiger partial charge < -0.3 is 4.74 Å². The van der Waals surface area contributed by atoms with E-state index in [1.54, 1.807) is 6.20 Å². The summed E-state index contributed by atoms with van der Waals surface area (Å²) in [5.41, 5.74) is 0.886. The van der Waals surface area contributed by atoms with Gasteiger partial charge in [0.15, 0.2) is 5.75 Å². The molecule has 1 aromatic heterocycles. The van der Waals surface area contributed by atoms with Crippen LogP contribution in [0.1, 0.15) is 12.6 Å². The smallest absolute Gasteiger partial charge is 0.158 e. The number of aryl methyl sites for hydroxylation is 1. The van der Waals surface area contributed by atoms with E-state index in [1.807, 2.05) is 13.8 Å². The van der Waals surface area contributed by atoms with Gasteiger partial charge in [0.2, 0.25) is 0 Å². The molecule has 0 saturated carbocycles. The summed E-state index contributed by atoms with van der Waals surface area (Å²) >= 11 is 0. The molecule has 1 rings (SSSR count). The van der Waals surface area contributed by atoms with E-state index < -0.39 is 0 Å². The van der Waals surface area contributed by atoms with Gasteiger partial charge in [0.1, 0.15) is 6.33 Å². The second kappa shape index (κ2) is 3.15. The normalized spacial score (nSPS) is 9.40. The summed E-state index contributed by atoms with van der Waals surface area (Å²) < 4.78 is 5.21. The number of hydrogen-bond donors (Lipinski definition) is 0. The Balaban J connectivity index is 2.81. The Kier molecular flexibility index (Phi) is 2.20. The first-order chi connectivity index (χ1) is 4.84. The van der Waals surface area contributed by atoms with Gasteiger partial charge in [-0.1, -0.05) is 0 Å². The molecule has 0 saturated heterocycles. The molecule has 1 aromatic rings. The molecule has 0 N–H and O–H groups in total. The molecule has 0 spiro atoms. The largest absolute Gasteiger partial charge is 0.490 e. The van der Waals surface area contributed by atoms with Crippen LogP contribution in [0.5, 0.6) is 5.75 Å². The molecule has 0 fully saturated rings. The topological polar surface area (TPSA) is 35.0 Å². The predicted molar refractivity (Wildman–Crippen MR) is 37.9 cm³/mol. The quantitative estimate of drug-likeness (QED) is 0.615. The van der Waals surface area contributed by atoms with Crippen molar-refractivity contribution in [3.8, 4) is 5.75 Å². The van der Waals surface area contributed by atoms with Gasteiger partial charge in [0.05, 0.1) is 18.5 Å². The molecule has 0 atom stereocenters. The number of rotatable bonds is 2. The molecule has 0 aliphatic heterocycles. The van der Waals surface area contributed by atoms with Crippen LogP contribution in [-0.4, -0.2) is 16.6 Å². The highest BCUT2D eigenvalue weighted by Gasteiger charge is 1.95. The zero-order valence-electron chi connectivity index (χ0n) is 6.16. The Bertz CT molecular complexity index is 213. The van der Waals surface area contributed by atoms with Crippen LogP contribution in [0.3, 0.4) is 0 Å². The Morgan fingerprint density at radius 2 is 2.40 bits per heavy atom. The lowest BCUT2D eigenvalue weighted by molar-refractivity contribution is 0.334.